The second kappa shape index (κ2) is 5.65. The van der Waals surface area contributed by atoms with Gasteiger partial charge >= 0.3 is 0 Å². The predicted octanol–water partition coefficient (Wildman–Crippen LogP) is 0.520. The molecule has 17 heavy (non-hydrogen) atoms. The van der Waals surface area contributed by atoms with Gasteiger partial charge in [0.05, 0.1) is 6.10 Å². The lowest BCUT2D eigenvalue weighted by Gasteiger charge is -2.50. The van der Waals surface area contributed by atoms with E-state index < -0.39 is 0 Å². The van der Waals surface area contributed by atoms with E-state index in [0.29, 0.717) is 6.10 Å². The van der Waals surface area contributed by atoms with Crippen LogP contribution < -0.4 is 5.73 Å². The van der Waals surface area contributed by atoms with E-state index in [9.17, 15) is 0 Å². The molecule has 0 radical (unpaired) electrons. The summed E-state index contributed by atoms with van der Waals surface area (Å²) in [6.45, 7) is 5.42. The molecule has 2 saturated heterocycles. The molecule has 2 rings (SSSR count). The van der Waals surface area contributed by atoms with Crippen LogP contribution >= 0.6 is 0 Å². The zero-order chi connectivity index (χ0) is 12.3. The Bertz CT molecular complexity index is 241. The van der Waals surface area contributed by atoms with Gasteiger partial charge in [0.15, 0.2) is 0 Å². The van der Waals surface area contributed by atoms with Crippen LogP contribution in [0.1, 0.15) is 25.7 Å². The van der Waals surface area contributed by atoms with Crippen LogP contribution in [0, 0.1) is 0 Å². The van der Waals surface area contributed by atoms with Crippen LogP contribution in [0.3, 0.4) is 0 Å². The Balaban J connectivity index is 1.98. The Hall–Kier alpha value is -0.160. The van der Waals surface area contributed by atoms with Crippen LogP contribution in [0.15, 0.2) is 0 Å². The van der Waals surface area contributed by atoms with Gasteiger partial charge in [-0.05, 0) is 39.3 Å². The van der Waals surface area contributed by atoms with Gasteiger partial charge in [-0.25, -0.2) is 0 Å². The highest BCUT2D eigenvalue weighted by molar-refractivity contribution is 4.98. The number of likely N-dealkylation sites (tertiary alicyclic amines) is 2. The first-order chi connectivity index (χ1) is 8.20. The normalized spacial score (nSPS) is 34.1. The van der Waals surface area contributed by atoms with Crippen LogP contribution in [0.4, 0.5) is 0 Å². The van der Waals surface area contributed by atoms with Crippen LogP contribution in [0.2, 0.25) is 0 Å². The smallest absolute Gasteiger partial charge is 0.0595 e. The van der Waals surface area contributed by atoms with E-state index in [1.165, 1.54) is 19.4 Å². The lowest BCUT2D eigenvalue weighted by atomic mass is 9.85. The third-order valence-corrected chi connectivity index (χ3v) is 4.57. The van der Waals surface area contributed by atoms with Crippen molar-refractivity contribution < 1.29 is 4.74 Å². The molecule has 4 nitrogen and oxygen atoms in total. The lowest BCUT2D eigenvalue weighted by molar-refractivity contribution is -0.0278. The Morgan fingerprint density at radius 1 is 1.29 bits per heavy atom. The molecule has 0 bridgehead atoms. The molecular weight excluding hydrogens is 214 g/mol. The number of hydrogen-bond acceptors (Lipinski definition) is 4. The topological polar surface area (TPSA) is 41.7 Å². The molecule has 0 aromatic heterocycles. The van der Waals surface area contributed by atoms with Crippen molar-refractivity contribution in [3.63, 3.8) is 0 Å². The molecular formula is C13H27N3O. The summed E-state index contributed by atoms with van der Waals surface area (Å²) in [5.41, 5.74) is 6.33. The van der Waals surface area contributed by atoms with E-state index in [-0.39, 0.29) is 5.54 Å². The van der Waals surface area contributed by atoms with Crippen LogP contribution in [-0.2, 0) is 4.74 Å². The molecule has 0 aromatic rings. The fraction of sp³-hybridized carbons (Fsp3) is 1.00. The van der Waals surface area contributed by atoms with Crippen molar-refractivity contribution in [1.29, 1.82) is 0 Å². The molecule has 0 spiro atoms. The first kappa shape index (κ1) is 13.3. The molecule has 2 aliphatic heterocycles. The van der Waals surface area contributed by atoms with Gasteiger partial charge in [0.25, 0.3) is 0 Å². The van der Waals surface area contributed by atoms with Gasteiger partial charge in [-0.3, -0.25) is 4.90 Å². The third-order valence-electron chi connectivity index (χ3n) is 4.57. The predicted molar refractivity (Wildman–Crippen MR) is 70.1 cm³/mol. The summed E-state index contributed by atoms with van der Waals surface area (Å²) < 4.78 is 5.45. The van der Waals surface area contributed by atoms with Gasteiger partial charge < -0.3 is 15.4 Å². The molecule has 0 aromatic carbocycles. The third kappa shape index (κ3) is 2.81. The minimum Gasteiger partial charge on any atom is -0.381 e. The quantitative estimate of drug-likeness (QED) is 0.782. The van der Waals surface area contributed by atoms with Crippen molar-refractivity contribution in [2.45, 2.75) is 37.3 Å². The first-order valence-corrected chi connectivity index (χ1v) is 6.87. The second-order valence-corrected chi connectivity index (χ2v) is 5.69. The van der Waals surface area contributed by atoms with Crippen LogP contribution in [0.25, 0.3) is 0 Å². The summed E-state index contributed by atoms with van der Waals surface area (Å²) >= 11 is 0. The zero-order valence-electron chi connectivity index (χ0n) is 11.3. The van der Waals surface area contributed by atoms with Crippen molar-refractivity contribution >= 4 is 0 Å². The van der Waals surface area contributed by atoms with Gasteiger partial charge in [-0.2, -0.15) is 0 Å². The van der Waals surface area contributed by atoms with Crippen molar-refractivity contribution in [2.75, 3.05) is 46.9 Å². The van der Waals surface area contributed by atoms with Gasteiger partial charge in [-0.15, -0.1) is 0 Å². The van der Waals surface area contributed by atoms with E-state index in [1.54, 1.807) is 0 Å². The Labute approximate surface area is 105 Å². The second-order valence-electron chi connectivity index (χ2n) is 5.69. The number of rotatable bonds is 3. The molecule has 2 heterocycles. The highest BCUT2D eigenvalue weighted by Crippen LogP contribution is 2.29. The molecule has 0 saturated carbocycles. The number of likely N-dealkylation sites (N-methyl/N-ethyl adjacent to an activating group) is 1. The summed E-state index contributed by atoms with van der Waals surface area (Å²) in [7, 11) is 4.04. The van der Waals surface area contributed by atoms with Crippen LogP contribution in [-0.4, -0.2) is 68.3 Å². The number of nitrogens with zero attached hydrogens (tertiary/aromatic N) is 2. The molecule has 100 valence electrons. The number of ether oxygens (including phenoxy) is 1. The Morgan fingerprint density at radius 3 is 2.53 bits per heavy atom. The number of methoxy groups -OCH3 is 1. The van der Waals surface area contributed by atoms with E-state index in [4.69, 9.17) is 10.5 Å². The number of nitrogens with two attached hydrogens (primary N) is 1. The number of piperidine rings is 2. The Morgan fingerprint density at radius 2 is 2.00 bits per heavy atom. The molecule has 0 amide bonds. The summed E-state index contributed by atoms with van der Waals surface area (Å²) in [5.74, 6) is 0. The van der Waals surface area contributed by atoms with Gasteiger partial charge in [-0.1, -0.05) is 0 Å². The van der Waals surface area contributed by atoms with Crippen molar-refractivity contribution in [3.05, 3.63) is 0 Å². The highest BCUT2D eigenvalue weighted by atomic mass is 16.5. The SMILES string of the molecule is COC1CCN(C2(CN)CCCN(C)C2)CC1. The summed E-state index contributed by atoms with van der Waals surface area (Å²) in [5, 5.41) is 0. The van der Waals surface area contributed by atoms with Crippen molar-refractivity contribution in [1.82, 2.24) is 9.80 Å². The molecule has 0 aliphatic carbocycles. The van der Waals surface area contributed by atoms with E-state index in [0.717, 1.165) is 39.0 Å². The maximum atomic E-state index is 6.10. The van der Waals surface area contributed by atoms with E-state index in [2.05, 4.69) is 16.8 Å². The monoisotopic (exact) mass is 241 g/mol. The van der Waals surface area contributed by atoms with E-state index >= 15 is 0 Å². The molecule has 2 N–H and O–H groups in total. The van der Waals surface area contributed by atoms with Crippen molar-refractivity contribution in [3.8, 4) is 0 Å². The standard InChI is InChI=1S/C13H27N3O/c1-15-7-3-6-13(10-14,11-15)16-8-4-12(17-2)5-9-16/h12H,3-11,14H2,1-2H3. The maximum absolute atomic E-state index is 6.10. The largest absolute Gasteiger partial charge is 0.381 e. The Kier molecular flexibility index (Phi) is 4.42. The molecule has 2 fully saturated rings. The van der Waals surface area contributed by atoms with Gasteiger partial charge in [0.1, 0.15) is 0 Å². The summed E-state index contributed by atoms with van der Waals surface area (Å²) in [6, 6.07) is 0. The highest BCUT2D eigenvalue weighted by Gasteiger charge is 2.40. The summed E-state index contributed by atoms with van der Waals surface area (Å²) in [4.78, 5) is 5.05. The first-order valence-electron chi connectivity index (χ1n) is 6.87. The molecule has 2 aliphatic rings. The van der Waals surface area contributed by atoms with Crippen LogP contribution in [0.5, 0.6) is 0 Å². The van der Waals surface area contributed by atoms with Gasteiger partial charge in [0, 0.05) is 38.8 Å². The fourth-order valence-electron chi connectivity index (χ4n) is 3.46. The lowest BCUT2D eigenvalue weighted by Crippen LogP contribution is -2.63. The fourth-order valence-corrected chi connectivity index (χ4v) is 3.46. The minimum atomic E-state index is 0.228. The average Bonchev–Trinajstić information content (AvgIpc) is 2.38. The minimum absolute atomic E-state index is 0.228. The van der Waals surface area contributed by atoms with Gasteiger partial charge in [0.2, 0.25) is 0 Å². The average molecular weight is 241 g/mol. The molecule has 4 heteroatoms. The molecule has 1 atom stereocenters. The van der Waals surface area contributed by atoms with Crippen molar-refractivity contribution in [2.24, 2.45) is 5.73 Å². The zero-order valence-corrected chi connectivity index (χ0v) is 11.3. The molecule has 1 unspecified atom stereocenters. The maximum Gasteiger partial charge on any atom is 0.0595 e. The van der Waals surface area contributed by atoms with E-state index in [1.807, 2.05) is 7.11 Å². The number of hydrogen-bond donors (Lipinski definition) is 1. The summed E-state index contributed by atoms with van der Waals surface area (Å²) in [6.07, 6.45) is 5.30.